The average molecular weight is 762 g/mol. The number of hydrogen-bond donors (Lipinski definition) is 0. The first-order valence-corrected chi connectivity index (χ1v) is 41.0. The highest BCUT2D eigenvalue weighted by molar-refractivity contribution is 6.98. The number of fused-ring (bicyclic) bond motifs is 2. The summed E-state index contributed by atoms with van der Waals surface area (Å²) < 4.78 is 6.58. The number of hydrogen-bond acceptors (Lipinski definition) is 1. The van der Waals surface area contributed by atoms with E-state index in [4.69, 9.17) is 4.74 Å². The molecule has 8 heteroatoms. The standard InChI is InChI=1S/C40H68OSi7/c1-43(2,3)38(44(4,5)6)29-27-32(39(45(7,8)9)46(10,11)12)37(33(28-29)40(47(13,14)15)48(16,17)18)42-36-30-23-19-21-25-34(30)41-35-26-22-20-24-31(35)36/h19-28,36,38-40H,1-18H3. The fourth-order valence-corrected chi connectivity index (χ4v) is 51.0. The number of ether oxygens (including phenoxy) is 1. The van der Waals surface area contributed by atoms with Crippen molar-refractivity contribution in [2.24, 2.45) is 0 Å². The van der Waals surface area contributed by atoms with Gasteiger partial charge in [0.15, 0.2) is 0 Å². The van der Waals surface area contributed by atoms with E-state index >= 15 is 0 Å². The van der Waals surface area contributed by atoms with E-state index in [9.17, 15) is 0 Å². The van der Waals surface area contributed by atoms with Crippen LogP contribution >= 0.6 is 0 Å². The van der Waals surface area contributed by atoms with E-state index in [0.717, 1.165) is 16.7 Å². The molecule has 0 aliphatic carbocycles. The van der Waals surface area contributed by atoms with Crippen LogP contribution < -0.4 is 9.92 Å². The molecule has 3 aromatic carbocycles. The minimum Gasteiger partial charge on any atom is -0.457 e. The summed E-state index contributed by atoms with van der Waals surface area (Å²) in [6, 6.07) is 23.6. The van der Waals surface area contributed by atoms with Gasteiger partial charge in [0.05, 0.1) is 9.52 Å². The molecule has 0 saturated heterocycles. The molecule has 0 fully saturated rings. The molecule has 1 heterocycles. The maximum absolute atomic E-state index is 6.58. The first kappa shape index (κ1) is 39.8. The summed E-state index contributed by atoms with van der Waals surface area (Å²) in [5.74, 6) is 2.09. The molecule has 0 saturated carbocycles. The third kappa shape index (κ3) is 8.53. The molecule has 2 radical (unpaired) electrons. The zero-order chi connectivity index (χ0) is 36.4. The Labute approximate surface area is 305 Å². The zero-order valence-electron chi connectivity index (χ0n) is 34.0. The summed E-state index contributed by atoms with van der Waals surface area (Å²) in [4.78, 5) is 0. The molecule has 3 aromatic rings. The van der Waals surface area contributed by atoms with Crippen molar-refractivity contribution in [3.05, 3.63) is 88.5 Å². The predicted octanol–water partition coefficient (Wildman–Crippen LogP) is 12.4. The maximum atomic E-state index is 6.58. The van der Waals surface area contributed by atoms with Gasteiger partial charge in [-0.3, -0.25) is 0 Å². The molecule has 1 aliphatic rings. The van der Waals surface area contributed by atoms with Gasteiger partial charge < -0.3 is 4.74 Å². The fraction of sp³-hybridized carbons (Fsp3) is 0.550. The Morgan fingerprint density at radius 2 is 0.771 bits per heavy atom. The molecule has 0 amide bonds. The van der Waals surface area contributed by atoms with E-state index in [0.29, 0.717) is 25.4 Å². The van der Waals surface area contributed by atoms with Gasteiger partial charge in [-0.2, -0.15) is 0 Å². The van der Waals surface area contributed by atoms with Crippen LogP contribution in [0.3, 0.4) is 0 Å². The van der Waals surface area contributed by atoms with Crippen LogP contribution in [0.25, 0.3) is 0 Å². The highest BCUT2D eigenvalue weighted by Gasteiger charge is 2.47. The van der Waals surface area contributed by atoms with Crippen LogP contribution in [-0.4, -0.2) is 58.0 Å². The summed E-state index contributed by atoms with van der Waals surface area (Å²) >= 11 is 0. The van der Waals surface area contributed by atoms with Gasteiger partial charge in [0.1, 0.15) is 11.5 Å². The Bertz CT molecular complexity index is 1460. The fourth-order valence-electron chi connectivity index (χ4n) is 10.5. The van der Waals surface area contributed by atoms with Crippen LogP contribution in [0.1, 0.15) is 48.9 Å². The normalized spacial score (nSPS) is 15.2. The molecule has 48 heavy (non-hydrogen) atoms. The molecule has 0 spiro atoms. The second kappa shape index (κ2) is 13.5. The van der Waals surface area contributed by atoms with E-state index in [1.165, 1.54) is 11.1 Å². The van der Waals surface area contributed by atoms with E-state index < -0.39 is 48.4 Å². The molecule has 262 valence electrons. The van der Waals surface area contributed by atoms with Crippen molar-refractivity contribution in [1.82, 2.24) is 0 Å². The third-order valence-corrected chi connectivity index (χ3v) is 40.0. The van der Waals surface area contributed by atoms with Crippen molar-refractivity contribution in [3.63, 3.8) is 0 Å². The van der Waals surface area contributed by atoms with Crippen LogP contribution in [0, 0.1) is 0 Å². The Balaban J connectivity index is 2.23. The first-order valence-electron chi connectivity index (χ1n) is 18.4. The Kier molecular flexibility index (Phi) is 11.2. The Morgan fingerprint density at radius 3 is 1.08 bits per heavy atom. The van der Waals surface area contributed by atoms with Crippen LogP contribution in [0.5, 0.6) is 11.5 Å². The largest absolute Gasteiger partial charge is 0.457 e. The van der Waals surface area contributed by atoms with Gasteiger partial charge in [-0.1, -0.05) is 183 Å². The maximum Gasteiger partial charge on any atom is 0.130 e. The Hall–Kier alpha value is -1.02. The third-order valence-electron chi connectivity index (χ3n) is 10.3. The SMILES string of the molecule is C[Si](C)(C)C(c1cc(C([Si](C)(C)C)[Si](C)(C)C)c([Si]C2c3ccccc3Oc3ccccc32)c(C([Si](C)(C)C)[Si](C)(C)C)c1)[Si](C)(C)C. The highest BCUT2D eigenvalue weighted by atomic mass is 28.4. The van der Waals surface area contributed by atoms with Gasteiger partial charge in [0.25, 0.3) is 0 Å². The van der Waals surface area contributed by atoms with E-state index in [-0.39, 0.29) is 0 Å². The number of benzene rings is 3. The smallest absolute Gasteiger partial charge is 0.130 e. The van der Waals surface area contributed by atoms with Crippen molar-refractivity contribution in [1.29, 1.82) is 0 Å². The first-order chi connectivity index (χ1) is 21.6. The lowest BCUT2D eigenvalue weighted by Crippen LogP contribution is -2.53. The van der Waals surface area contributed by atoms with Gasteiger partial charge in [0.2, 0.25) is 0 Å². The van der Waals surface area contributed by atoms with Gasteiger partial charge >= 0.3 is 0 Å². The second-order valence-corrected chi connectivity index (χ2v) is 56.3. The molecular weight excluding hydrogens is 693 g/mol. The number of para-hydroxylation sites is 2. The lowest BCUT2D eigenvalue weighted by Gasteiger charge is -2.46. The lowest BCUT2D eigenvalue weighted by molar-refractivity contribution is 0.458. The van der Waals surface area contributed by atoms with Crippen molar-refractivity contribution >= 4 is 63.1 Å². The molecule has 0 atom stereocenters. The van der Waals surface area contributed by atoms with Crippen LogP contribution in [-0.2, 0) is 0 Å². The van der Waals surface area contributed by atoms with Crippen molar-refractivity contribution in [3.8, 4) is 11.5 Å². The van der Waals surface area contributed by atoms with E-state index in [2.05, 4.69) is 179 Å². The van der Waals surface area contributed by atoms with Gasteiger partial charge in [-0.15, -0.1) is 0 Å². The van der Waals surface area contributed by atoms with Crippen molar-refractivity contribution in [2.45, 2.75) is 139 Å². The summed E-state index contributed by atoms with van der Waals surface area (Å²) in [6.07, 6.45) is 0. The predicted molar refractivity (Wildman–Crippen MR) is 235 cm³/mol. The van der Waals surface area contributed by atoms with Gasteiger partial charge in [-0.25, -0.2) is 0 Å². The monoisotopic (exact) mass is 760 g/mol. The number of rotatable bonds is 11. The van der Waals surface area contributed by atoms with Crippen LogP contribution in [0.15, 0.2) is 60.7 Å². The molecule has 1 nitrogen and oxygen atoms in total. The second-order valence-electron chi connectivity index (χ2n) is 21.3. The summed E-state index contributed by atoms with van der Waals surface area (Å²) in [6.45, 7) is 48.1. The molecule has 0 N–H and O–H groups in total. The highest BCUT2D eigenvalue weighted by Crippen LogP contribution is 2.47. The zero-order valence-corrected chi connectivity index (χ0v) is 41.0. The summed E-state index contributed by atoms with van der Waals surface area (Å²) in [5, 5.41) is 3.89. The van der Waals surface area contributed by atoms with Crippen molar-refractivity contribution in [2.75, 3.05) is 0 Å². The topological polar surface area (TPSA) is 9.23 Å². The van der Waals surface area contributed by atoms with Crippen molar-refractivity contribution < 1.29 is 4.74 Å². The average Bonchev–Trinajstić information content (AvgIpc) is 2.85. The minimum atomic E-state index is -1.62. The molecule has 0 unspecified atom stereocenters. The molecule has 0 aromatic heterocycles. The molecular formula is C40H68OSi7. The van der Waals surface area contributed by atoms with Gasteiger partial charge in [0, 0.05) is 54.0 Å². The molecule has 1 aliphatic heterocycles. The summed E-state index contributed by atoms with van der Waals surface area (Å²) in [5.41, 5.74) is 8.34. The quantitative estimate of drug-likeness (QED) is 0.177. The van der Waals surface area contributed by atoms with Crippen LogP contribution in [0.4, 0.5) is 0 Å². The van der Waals surface area contributed by atoms with Crippen LogP contribution in [0.2, 0.25) is 118 Å². The lowest BCUT2D eigenvalue weighted by atomic mass is 10.00. The minimum absolute atomic E-state index is 0.312. The summed E-state index contributed by atoms with van der Waals surface area (Å²) in [7, 11) is -8.83. The van der Waals surface area contributed by atoms with E-state index in [1.807, 2.05) is 0 Å². The molecule has 4 rings (SSSR count). The molecule has 0 bridgehead atoms. The Morgan fingerprint density at radius 1 is 0.458 bits per heavy atom. The van der Waals surface area contributed by atoms with Gasteiger partial charge in [-0.05, 0) is 44.3 Å². The van der Waals surface area contributed by atoms with E-state index in [1.54, 1.807) is 21.9 Å².